The zero-order chi connectivity index (χ0) is 17.8. The summed E-state index contributed by atoms with van der Waals surface area (Å²) in [5, 5.41) is 0. The highest BCUT2D eigenvalue weighted by Gasteiger charge is 2.26. The van der Waals surface area contributed by atoms with Gasteiger partial charge in [0.1, 0.15) is 11.9 Å². The summed E-state index contributed by atoms with van der Waals surface area (Å²) in [7, 11) is 3.74. The fourth-order valence-corrected chi connectivity index (χ4v) is 2.74. The number of anilines is 1. The number of benzene rings is 1. The molecule has 1 aromatic heterocycles. The van der Waals surface area contributed by atoms with E-state index >= 15 is 0 Å². The Kier molecular flexibility index (Phi) is 5.23. The molecule has 0 unspecified atom stereocenters. The molecule has 7 heteroatoms. The summed E-state index contributed by atoms with van der Waals surface area (Å²) in [6.45, 7) is 1.40. The predicted octanol–water partition coefficient (Wildman–Crippen LogP) is 1.82. The van der Waals surface area contributed by atoms with Crippen LogP contribution in [0.4, 0.5) is 10.3 Å². The van der Waals surface area contributed by atoms with Gasteiger partial charge in [0.05, 0.1) is 25.3 Å². The molecule has 1 saturated heterocycles. The first kappa shape index (κ1) is 17.3. The third-order valence-electron chi connectivity index (χ3n) is 4.06. The highest BCUT2D eigenvalue weighted by Crippen LogP contribution is 2.22. The Morgan fingerprint density at radius 2 is 2.24 bits per heavy atom. The predicted molar refractivity (Wildman–Crippen MR) is 91.7 cm³/mol. The van der Waals surface area contributed by atoms with Crippen LogP contribution in [0, 0.1) is 5.82 Å². The van der Waals surface area contributed by atoms with Gasteiger partial charge in [0.15, 0.2) is 0 Å². The van der Waals surface area contributed by atoms with Crippen LogP contribution in [-0.2, 0) is 16.0 Å². The highest BCUT2D eigenvalue weighted by atomic mass is 19.1. The Hall–Kier alpha value is -2.54. The Balaban J connectivity index is 1.68. The number of rotatable bonds is 4. The van der Waals surface area contributed by atoms with Gasteiger partial charge in [-0.1, -0.05) is 12.1 Å². The molecule has 0 radical (unpaired) electrons. The zero-order valence-corrected chi connectivity index (χ0v) is 14.4. The number of halogens is 1. The first-order valence-electron chi connectivity index (χ1n) is 8.17. The minimum atomic E-state index is -0.331. The van der Waals surface area contributed by atoms with E-state index in [0.29, 0.717) is 31.2 Å². The Bertz CT molecular complexity index is 753. The second-order valence-corrected chi connectivity index (χ2v) is 6.18. The lowest BCUT2D eigenvalue weighted by atomic mass is 10.1. The summed E-state index contributed by atoms with van der Waals surface area (Å²) in [5.41, 5.74) is 1.42. The Labute approximate surface area is 146 Å². The number of morpholine rings is 1. The standard InChI is InChI=1S/C18H21FN4O2/c1-22(2)18-20-7-6-15(21-18)16-12-23(8-9-25-16)17(24)11-13-4-3-5-14(19)10-13/h3-7,10,16H,8-9,11-12H2,1-2H3/t16-/m1/s1. The van der Waals surface area contributed by atoms with Crippen LogP contribution < -0.4 is 4.90 Å². The van der Waals surface area contributed by atoms with Crippen LogP contribution >= 0.6 is 0 Å². The largest absolute Gasteiger partial charge is 0.368 e. The molecule has 0 aliphatic carbocycles. The van der Waals surface area contributed by atoms with Crippen molar-refractivity contribution in [2.24, 2.45) is 0 Å². The molecule has 0 saturated carbocycles. The summed E-state index contributed by atoms with van der Waals surface area (Å²) >= 11 is 0. The summed E-state index contributed by atoms with van der Waals surface area (Å²) in [6.07, 6.45) is 1.58. The van der Waals surface area contributed by atoms with Crippen LogP contribution in [0.1, 0.15) is 17.4 Å². The lowest BCUT2D eigenvalue weighted by Crippen LogP contribution is -2.43. The van der Waals surface area contributed by atoms with Crippen molar-refractivity contribution < 1.29 is 13.9 Å². The number of nitrogens with zero attached hydrogens (tertiary/aromatic N) is 4. The van der Waals surface area contributed by atoms with Gasteiger partial charge in [-0.3, -0.25) is 4.79 Å². The monoisotopic (exact) mass is 344 g/mol. The van der Waals surface area contributed by atoms with Gasteiger partial charge >= 0.3 is 0 Å². The first-order valence-corrected chi connectivity index (χ1v) is 8.17. The van der Waals surface area contributed by atoms with E-state index in [0.717, 1.165) is 5.69 Å². The number of hydrogen-bond donors (Lipinski definition) is 0. The lowest BCUT2D eigenvalue weighted by molar-refractivity contribution is -0.138. The molecule has 0 bridgehead atoms. The van der Waals surface area contributed by atoms with Crippen LogP contribution in [0.5, 0.6) is 0 Å². The minimum absolute atomic E-state index is 0.0409. The topological polar surface area (TPSA) is 58.6 Å². The number of carbonyl (C=O) groups is 1. The third-order valence-corrected chi connectivity index (χ3v) is 4.06. The van der Waals surface area contributed by atoms with Gasteiger partial charge < -0.3 is 14.5 Å². The van der Waals surface area contributed by atoms with Crippen LogP contribution in [0.25, 0.3) is 0 Å². The number of carbonyl (C=O) groups excluding carboxylic acids is 1. The van der Waals surface area contributed by atoms with Gasteiger partial charge in [-0.05, 0) is 23.8 Å². The maximum absolute atomic E-state index is 13.3. The van der Waals surface area contributed by atoms with Gasteiger partial charge in [-0.25, -0.2) is 14.4 Å². The summed E-state index contributed by atoms with van der Waals surface area (Å²) in [6, 6.07) is 7.94. The average Bonchev–Trinajstić information content (AvgIpc) is 2.62. The van der Waals surface area contributed by atoms with E-state index < -0.39 is 0 Å². The van der Waals surface area contributed by atoms with Gasteiger partial charge in [-0.15, -0.1) is 0 Å². The van der Waals surface area contributed by atoms with E-state index in [1.807, 2.05) is 19.0 Å². The van der Waals surface area contributed by atoms with Crippen molar-refractivity contribution in [1.29, 1.82) is 0 Å². The molecule has 1 amide bonds. The van der Waals surface area contributed by atoms with Gasteiger partial charge in [-0.2, -0.15) is 0 Å². The molecule has 1 aromatic carbocycles. The summed E-state index contributed by atoms with van der Waals surface area (Å²) in [4.78, 5) is 24.8. The fraction of sp³-hybridized carbons (Fsp3) is 0.389. The van der Waals surface area contributed by atoms with Crippen molar-refractivity contribution in [3.05, 3.63) is 53.6 Å². The molecule has 1 aliphatic rings. The summed E-state index contributed by atoms with van der Waals surface area (Å²) < 4.78 is 19.1. The molecule has 0 N–H and O–H groups in total. The molecular weight excluding hydrogens is 323 g/mol. The maximum Gasteiger partial charge on any atom is 0.227 e. The first-order chi connectivity index (χ1) is 12.0. The van der Waals surface area contributed by atoms with Crippen LogP contribution in [-0.4, -0.2) is 54.6 Å². The molecule has 2 aromatic rings. The zero-order valence-electron chi connectivity index (χ0n) is 14.4. The molecule has 3 rings (SSSR count). The van der Waals surface area contributed by atoms with Crippen molar-refractivity contribution in [2.45, 2.75) is 12.5 Å². The molecule has 1 fully saturated rings. The maximum atomic E-state index is 13.3. The van der Waals surface area contributed by atoms with E-state index in [2.05, 4.69) is 9.97 Å². The lowest BCUT2D eigenvalue weighted by Gasteiger charge is -2.33. The van der Waals surface area contributed by atoms with Gasteiger partial charge in [0, 0.05) is 26.8 Å². The second kappa shape index (κ2) is 7.57. The van der Waals surface area contributed by atoms with E-state index in [9.17, 15) is 9.18 Å². The number of aromatic nitrogens is 2. The molecular formula is C18H21FN4O2. The number of ether oxygens (including phenoxy) is 1. The van der Waals surface area contributed by atoms with E-state index in [4.69, 9.17) is 4.74 Å². The van der Waals surface area contributed by atoms with Crippen LogP contribution in [0.2, 0.25) is 0 Å². The third kappa shape index (κ3) is 4.30. The molecule has 0 spiro atoms. The fourth-order valence-electron chi connectivity index (χ4n) is 2.74. The van der Waals surface area contributed by atoms with Gasteiger partial charge in [0.25, 0.3) is 0 Å². The van der Waals surface area contributed by atoms with E-state index in [1.54, 1.807) is 29.3 Å². The normalized spacial score (nSPS) is 17.4. The highest BCUT2D eigenvalue weighted by molar-refractivity contribution is 5.78. The molecule has 2 heterocycles. The molecule has 1 atom stereocenters. The molecule has 25 heavy (non-hydrogen) atoms. The molecule has 132 valence electrons. The Morgan fingerprint density at radius 1 is 1.40 bits per heavy atom. The van der Waals surface area contributed by atoms with Crippen molar-refractivity contribution >= 4 is 11.9 Å². The number of hydrogen-bond acceptors (Lipinski definition) is 5. The van der Waals surface area contributed by atoms with Crippen LogP contribution in [0.15, 0.2) is 36.5 Å². The minimum Gasteiger partial charge on any atom is -0.368 e. The van der Waals surface area contributed by atoms with E-state index in [1.165, 1.54) is 12.1 Å². The van der Waals surface area contributed by atoms with Gasteiger partial charge in [0.2, 0.25) is 11.9 Å². The van der Waals surface area contributed by atoms with Crippen molar-refractivity contribution in [2.75, 3.05) is 38.7 Å². The van der Waals surface area contributed by atoms with Crippen molar-refractivity contribution in [1.82, 2.24) is 14.9 Å². The van der Waals surface area contributed by atoms with Crippen LogP contribution in [0.3, 0.4) is 0 Å². The SMILES string of the molecule is CN(C)c1nccc([C@H]2CN(C(=O)Cc3cccc(F)c3)CCO2)n1. The number of amides is 1. The molecule has 1 aliphatic heterocycles. The Morgan fingerprint density at radius 3 is 3.00 bits per heavy atom. The van der Waals surface area contributed by atoms with E-state index in [-0.39, 0.29) is 24.2 Å². The summed E-state index contributed by atoms with van der Waals surface area (Å²) in [5.74, 6) is 0.229. The quantitative estimate of drug-likeness (QED) is 0.847. The average molecular weight is 344 g/mol. The van der Waals surface area contributed by atoms with Crippen molar-refractivity contribution in [3.8, 4) is 0 Å². The van der Waals surface area contributed by atoms with Crippen molar-refractivity contribution in [3.63, 3.8) is 0 Å². The second-order valence-electron chi connectivity index (χ2n) is 6.18. The molecule has 6 nitrogen and oxygen atoms in total. The smallest absolute Gasteiger partial charge is 0.227 e.